The molecule has 5 nitrogen and oxygen atoms in total. The number of sulfone groups is 1. The highest BCUT2D eigenvalue weighted by atomic mass is 32.2. The molecular weight excluding hydrogens is 398 g/mol. The summed E-state index contributed by atoms with van der Waals surface area (Å²) in [5, 5.41) is 2.79. The molecule has 4 rings (SSSR count). The summed E-state index contributed by atoms with van der Waals surface area (Å²) in [5.41, 5.74) is 2.23. The molecule has 0 saturated carbocycles. The van der Waals surface area contributed by atoms with Gasteiger partial charge < -0.3 is 5.32 Å². The monoisotopic (exact) mass is 419 g/mol. The van der Waals surface area contributed by atoms with Crippen molar-refractivity contribution in [2.24, 2.45) is 0 Å². The van der Waals surface area contributed by atoms with Crippen LogP contribution in [0.15, 0.2) is 76.5 Å². The summed E-state index contributed by atoms with van der Waals surface area (Å²) in [6.45, 7) is 4.26. The largest absolute Gasteiger partial charge is 0.322 e. The van der Waals surface area contributed by atoms with Crippen molar-refractivity contribution in [1.29, 1.82) is 0 Å². The Balaban J connectivity index is 1.65. The average molecular weight is 420 g/mol. The van der Waals surface area contributed by atoms with Gasteiger partial charge in [0.05, 0.1) is 9.79 Å². The first-order chi connectivity index (χ1) is 14.3. The second-order valence-corrected chi connectivity index (χ2v) is 9.31. The van der Waals surface area contributed by atoms with Crippen LogP contribution in [0.2, 0.25) is 0 Å². The molecule has 0 bridgehead atoms. The summed E-state index contributed by atoms with van der Waals surface area (Å²) in [6.07, 6.45) is 1.02. The summed E-state index contributed by atoms with van der Waals surface area (Å²) in [6, 6.07) is 17.9. The van der Waals surface area contributed by atoms with E-state index in [1.165, 1.54) is 35.9 Å². The van der Waals surface area contributed by atoms with E-state index in [-0.39, 0.29) is 32.3 Å². The van der Waals surface area contributed by atoms with Gasteiger partial charge in [0.15, 0.2) is 5.78 Å². The summed E-state index contributed by atoms with van der Waals surface area (Å²) in [5.74, 6) is -0.361. The van der Waals surface area contributed by atoms with Crippen molar-refractivity contribution in [1.82, 2.24) is 0 Å². The van der Waals surface area contributed by atoms with Crippen molar-refractivity contribution in [3.63, 3.8) is 0 Å². The number of carbonyl (C=O) groups excluding carboxylic acids is 2. The van der Waals surface area contributed by atoms with Crippen LogP contribution >= 0.6 is 0 Å². The molecule has 152 valence electrons. The van der Waals surface area contributed by atoms with E-state index in [2.05, 4.69) is 19.2 Å². The van der Waals surface area contributed by atoms with Gasteiger partial charge in [-0.15, -0.1) is 0 Å². The van der Waals surface area contributed by atoms with Gasteiger partial charge in [-0.2, -0.15) is 0 Å². The van der Waals surface area contributed by atoms with Crippen molar-refractivity contribution < 1.29 is 18.0 Å². The molecular formula is C24H21NO4S. The zero-order chi connectivity index (χ0) is 21.5. The lowest BCUT2D eigenvalue weighted by Gasteiger charge is -2.19. The minimum absolute atomic E-state index is 0.0271. The number of hydrogen-bond acceptors (Lipinski definition) is 4. The van der Waals surface area contributed by atoms with Gasteiger partial charge in [0.2, 0.25) is 9.84 Å². The minimum atomic E-state index is -3.88. The summed E-state index contributed by atoms with van der Waals surface area (Å²) in [4.78, 5) is 25.3. The number of benzene rings is 3. The minimum Gasteiger partial charge on any atom is -0.322 e. The molecule has 0 spiro atoms. The summed E-state index contributed by atoms with van der Waals surface area (Å²) < 4.78 is 26.0. The number of anilines is 1. The van der Waals surface area contributed by atoms with Crippen LogP contribution in [0.3, 0.4) is 0 Å². The van der Waals surface area contributed by atoms with E-state index < -0.39 is 15.7 Å². The predicted molar refractivity (Wildman–Crippen MR) is 115 cm³/mol. The molecule has 1 heterocycles. The molecule has 0 saturated heterocycles. The van der Waals surface area contributed by atoms with E-state index in [9.17, 15) is 18.0 Å². The fraction of sp³-hybridized carbons (Fsp3) is 0.167. The molecule has 3 aromatic rings. The van der Waals surface area contributed by atoms with Crippen LogP contribution < -0.4 is 5.32 Å². The lowest BCUT2D eigenvalue weighted by molar-refractivity contribution is 0.101. The van der Waals surface area contributed by atoms with Crippen molar-refractivity contribution in [2.45, 2.75) is 36.0 Å². The zero-order valence-corrected chi connectivity index (χ0v) is 17.5. The molecule has 30 heavy (non-hydrogen) atoms. The molecule has 1 atom stereocenters. The number of nitrogens with one attached hydrogen (secondary N) is 1. The SMILES string of the molecule is CC[C@@H](C)c1ccc(NC(=O)c2ccc3c(c2)S(=O)(=O)c2ccccc2C3=O)cc1. The van der Waals surface area contributed by atoms with Gasteiger partial charge in [-0.3, -0.25) is 9.59 Å². The third-order valence-electron chi connectivity index (χ3n) is 5.55. The van der Waals surface area contributed by atoms with Gasteiger partial charge in [0.25, 0.3) is 5.91 Å². The van der Waals surface area contributed by atoms with Gasteiger partial charge in [-0.1, -0.05) is 38.1 Å². The quantitative estimate of drug-likeness (QED) is 0.514. The Kier molecular flexibility index (Phi) is 5.03. The Morgan fingerprint density at radius 2 is 1.60 bits per heavy atom. The van der Waals surface area contributed by atoms with Crippen molar-refractivity contribution >= 4 is 27.2 Å². The van der Waals surface area contributed by atoms with E-state index in [0.717, 1.165) is 6.42 Å². The van der Waals surface area contributed by atoms with Crippen LogP contribution in [0.5, 0.6) is 0 Å². The first kappa shape index (κ1) is 20.0. The van der Waals surface area contributed by atoms with Gasteiger partial charge >= 0.3 is 0 Å². The normalized spacial score (nSPS) is 15.1. The molecule has 0 radical (unpaired) electrons. The molecule has 3 aromatic carbocycles. The Labute approximate surface area is 175 Å². The van der Waals surface area contributed by atoms with Crippen LogP contribution in [0.4, 0.5) is 5.69 Å². The Hall–Kier alpha value is -3.25. The summed E-state index contributed by atoms with van der Waals surface area (Å²) >= 11 is 0. The fourth-order valence-electron chi connectivity index (χ4n) is 3.56. The molecule has 1 aliphatic rings. The first-order valence-corrected chi connectivity index (χ1v) is 11.3. The molecule has 6 heteroatoms. The molecule has 0 unspecified atom stereocenters. The highest BCUT2D eigenvalue weighted by molar-refractivity contribution is 7.91. The number of ketones is 1. The van der Waals surface area contributed by atoms with E-state index in [1.807, 2.05) is 24.3 Å². The van der Waals surface area contributed by atoms with Gasteiger partial charge in [0.1, 0.15) is 0 Å². The Morgan fingerprint density at radius 1 is 0.933 bits per heavy atom. The van der Waals surface area contributed by atoms with Gasteiger partial charge in [-0.25, -0.2) is 8.42 Å². The molecule has 0 aromatic heterocycles. The highest BCUT2D eigenvalue weighted by Gasteiger charge is 2.35. The van der Waals surface area contributed by atoms with Crippen LogP contribution in [-0.2, 0) is 9.84 Å². The molecule has 0 fully saturated rings. The molecule has 0 aliphatic carbocycles. The number of hydrogen-bond donors (Lipinski definition) is 1. The third-order valence-corrected chi connectivity index (χ3v) is 7.40. The van der Waals surface area contributed by atoms with Crippen molar-refractivity contribution in [2.75, 3.05) is 5.32 Å². The second-order valence-electron chi connectivity index (χ2n) is 7.43. The fourth-order valence-corrected chi connectivity index (χ4v) is 5.24. The van der Waals surface area contributed by atoms with Crippen LogP contribution in [-0.4, -0.2) is 20.1 Å². The van der Waals surface area contributed by atoms with E-state index in [1.54, 1.807) is 12.1 Å². The number of fused-ring (bicyclic) bond motifs is 2. The summed E-state index contributed by atoms with van der Waals surface area (Å²) in [7, 11) is -3.88. The van der Waals surface area contributed by atoms with Crippen LogP contribution in [0.1, 0.15) is 58.0 Å². The Bertz CT molecular complexity index is 1260. The number of amides is 1. The van der Waals surface area contributed by atoms with Crippen molar-refractivity contribution in [3.05, 3.63) is 89.0 Å². The van der Waals surface area contributed by atoms with E-state index in [4.69, 9.17) is 0 Å². The highest BCUT2D eigenvalue weighted by Crippen LogP contribution is 2.34. The molecule has 1 N–H and O–H groups in total. The lowest BCUT2D eigenvalue weighted by atomic mass is 9.98. The first-order valence-electron chi connectivity index (χ1n) is 9.77. The number of carbonyl (C=O) groups is 2. The maximum atomic E-state index is 13.0. The van der Waals surface area contributed by atoms with Crippen LogP contribution in [0, 0.1) is 0 Å². The Morgan fingerprint density at radius 3 is 2.30 bits per heavy atom. The smallest absolute Gasteiger partial charge is 0.255 e. The number of rotatable bonds is 4. The maximum absolute atomic E-state index is 13.0. The maximum Gasteiger partial charge on any atom is 0.255 e. The van der Waals surface area contributed by atoms with Crippen LogP contribution in [0.25, 0.3) is 0 Å². The molecule has 1 aliphatic heterocycles. The van der Waals surface area contributed by atoms with Crippen molar-refractivity contribution in [3.8, 4) is 0 Å². The van der Waals surface area contributed by atoms with Gasteiger partial charge in [-0.05, 0) is 60.4 Å². The van der Waals surface area contributed by atoms with E-state index >= 15 is 0 Å². The zero-order valence-electron chi connectivity index (χ0n) is 16.7. The standard InChI is InChI=1S/C24H21NO4S/c1-3-15(2)16-8-11-18(12-9-16)25-24(27)17-10-13-20-22(14-17)30(28,29)21-7-5-4-6-19(21)23(20)26/h4-15H,3H2,1-2H3,(H,25,27)/t15-/m1/s1. The lowest BCUT2D eigenvalue weighted by Crippen LogP contribution is -2.21. The third kappa shape index (κ3) is 3.33. The second kappa shape index (κ2) is 7.54. The van der Waals surface area contributed by atoms with Gasteiger partial charge in [0, 0.05) is 22.4 Å². The predicted octanol–water partition coefficient (Wildman–Crippen LogP) is 4.83. The topological polar surface area (TPSA) is 80.3 Å². The molecule has 1 amide bonds. The van der Waals surface area contributed by atoms with E-state index in [0.29, 0.717) is 11.6 Å². The average Bonchev–Trinajstić information content (AvgIpc) is 2.77.